The normalized spacial score (nSPS) is 151. The monoisotopic (exact) mass is 205 g/mol. The van der Waals surface area contributed by atoms with Gasteiger partial charge in [-0.05, 0) is 0 Å². The summed E-state index contributed by atoms with van der Waals surface area (Å²) in [6, 6.07) is 0. The van der Waals surface area contributed by atoms with Gasteiger partial charge in [-0.25, -0.2) is 0 Å². The summed E-state index contributed by atoms with van der Waals surface area (Å²) >= 11 is 0. The van der Waals surface area contributed by atoms with E-state index in [0.717, 1.165) is 4.13 Å². The molecule has 10 saturated heterocycles. The molecule has 10 aliphatic heterocycles. The van der Waals surface area contributed by atoms with Gasteiger partial charge in [0.1, 0.15) is 0 Å². The van der Waals surface area contributed by atoms with Crippen molar-refractivity contribution in [2.24, 2.45) is 0 Å². The molecule has 0 aromatic rings. The molecule has 10 fully saturated rings. The van der Waals surface area contributed by atoms with Crippen molar-refractivity contribution in [1.29, 1.82) is 0 Å². The van der Waals surface area contributed by atoms with E-state index in [1.54, 1.807) is 0 Å². The first-order valence-electron chi connectivity index (χ1n) is 6.33. The molecule has 10 aliphatic rings. The van der Waals surface area contributed by atoms with Gasteiger partial charge in [0, 0.05) is 0 Å². The van der Waals surface area contributed by atoms with Gasteiger partial charge in [-0.2, -0.15) is 0 Å². The number of terminal acetylenes is 1. The van der Waals surface area contributed by atoms with Crippen LogP contribution in [0.15, 0.2) is 0 Å². The molecule has 0 radical (unpaired) electrons. The Morgan fingerprint density at radius 1 is 0.846 bits per heavy atom. The average Bonchev–Trinajstić information content (AvgIpc) is 3.12. The van der Waals surface area contributed by atoms with Crippen LogP contribution >= 0.6 is 0 Å². The first-order valence-corrected chi connectivity index (χ1v) is 14.3. The van der Waals surface area contributed by atoms with E-state index in [4.69, 9.17) is 6.42 Å². The van der Waals surface area contributed by atoms with E-state index >= 15 is 0 Å². The van der Waals surface area contributed by atoms with Crippen molar-refractivity contribution in [3.05, 3.63) is 0 Å². The molecule has 0 amide bonds. The molecular weight excluding hydrogens is 195 g/mol. The van der Waals surface area contributed by atoms with Gasteiger partial charge in [-0.1, -0.05) is 0 Å². The van der Waals surface area contributed by atoms with Crippen LogP contribution in [0.4, 0.5) is 0 Å². The molecule has 0 aliphatic carbocycles. The molecule has 10 rings (SSSR count). The van der Waals surface area contributed by atoms with Crippen LogP contribution in [0, 0.1) is 12.3 Å². The molecular formula is C12H10V. The number of hydrogen-bond acceptors (Lipinski definition) is 0. The van der Waals surface area contributed by atoms with Gasteiger partial charge in [0.15, 0.2) is 0 Å². The van der Waals surface area contributed by atoms with Crippen molar-refractivity contribution in [2.45, 2.75) is 45.8 Å². The fraction of sp³-hybridized carbons (Fsp3) is 0.833. The van der Waals surface area contributed by atoms with Gasteiger partial charge >= 0.3 is 65.4 Å². The summed E-state index contributed by atoms with van der Waals surface area (Å²) in [5.41, 5.74) is 0. The number of rotatable bonds is 0. The topological polar surface area (TPSA) is 0 Å². The third-order valence-electron chi connectivity index (χ3n) is 18.5. The van der Waals surface area contributed by atoms with Gasteiger partial charge < -0.3 is 0 Å². The quantitative estimate of drug-likeness (QED) is 0.532. The zero-order valence-corrected chi connectivity index (χ0v) is 8.62. The molecule has 0 N–H and O–H groups in total. The summed E-state index contributed by atoms with van der Waals surface area (Å²) in [4.78, 5) is 0. The second-order valence-corrected chi connectivity index (χ2v) is 41.6. The van der Waals surface area contributed by atoms with Gasteiger partial charge in [0.25, 0.3) is 0 Å². The van der Waals surface area contributed by atoms with E-state index in [9.17, 15) is 0 Å². The summed E-state index contributed by atoms with van der Waals surface area (Å²) in [7, 11) is -3.01. The molecule has 0 nitrogen and oxygen atoms in total. The van der Waals surface area contributed by atoms with Gasteiger partial charge in [-0.3, -0.25) is 0 Å². The van der Waals surface area contributed by atoms with Gasteiger partial charge in [0.05, 0.1) is 0 Å². The predicted octanol–water partition coefficient (Wildman–Crippen LogP) is 3.38. The number of hydrogen-bond donors (Lipinski definition) is 0. The molecule has 0 aromatic heterocycles. The van der Waals surface area contributed by atoms with Crippen LogP contribution in [0.5, 0.6) is 0 Å². The molecule has 0 saturated carbocycles. The molecule has 1 heteroatoms. The minimum absolute atomic E-state index is 0.782. The molecule has 0 aromatic carbocycles. The second kappa shape index (κ2) is 0.241. The Balaban J connectivity index is 2.16. The third-order valence-corrected chi connectivity index (χ3v) is 71.9. The van der Waals surface area contributed by atoms with E-state index in [0.29, 0.717) is 0 Å². The Morgan fingerprint density at radius 2 is 1.31 bits per heavy atom. The fourth-order valence-electron chi connectivity index (χ4n) is 21.4. The van der Waals surface area contributed by atoms with Crippen LogP contribution in [0.2, 0.25) is 45.8 Å². The van der Waals surface area contributed by atoms with E-state index in [2.05, 4.69) is 5.92 Å². The summed E-state index contributed by atoms with van der Waals surface area (Å²) in [5, 5.41) is 0. The van der Waals surface area contributed by atoms with Crippen LogP contribution in [-0.4, -0.2) is 0 Å². The maximum absolute atomic E-state index is 6.00. The summed E-state index contributed by atoms with van der Waals surface area (Å²) in [5.74, 6) is 3.46. The average molecular weight is 205 g/mol. The summed E-state index contributed by atoms with van der Waals surface area (Å²) in [6.45, 7) is 0. The van der Waals surface area contributed by atoms with Gasteiger partial charge in [-0.15, -0.1) is 0 Å². The Labute approximate surface area is 65.5 Å². The fourth-order valence-corrected chi connectivity index (χ4v) is 124. The summed E-state index contributed by atoms with van der Waals surface area (Å²) < 4.78 is 13.5. The van der Waals surface area contributed by atoms with E-state index in [1.807, 2.05) is 0 Å². The molecule has 13 heavy (non-hydrogen) atoms. The Morgan fingerprint density at radius 3 is 1.38 bits per heavy atom. The van der Waals surface area contributed by atoms with Crippen molar-refractivity contribution in [2.75, 3.05) is 0 Å². The van der Waals surface area contributed by atoms with Crippen LogP contribution in [0.25, 0.3) is 0 Å². The molecule has 4 unspecified atom stereocenters. The second-order valence-electron chi connectivity index (χ2n) is 11.8. The van der Waals surface area contributed by atoms with Crippen LogP contribution in [0.3, 0.4) is 0 Å². The van der Waals surface area contributed by atoms with Crippen molar-refractivity contribution in [3.8, 4) is 12.3 Å². The number of fused-ring (bicyclic) bond motifs is 10. The first kappa shape index (κ1) is 3.95. The molecule has 63 valence electrons. The zero-order chi connectivity index (χ0) is 7.72. The first-order chi connectivity index (χ1) is 6.11. The van der Waals surface area contributed by atoms with E-state index in [-0.39, 0.29) is 0 Å². The van der Waals surface area contributed by atoms with Crippen LogP contribution in [0.1, 0.15) is 0 Å². The zero-order valence-electron chi connectivity index (χ0n) is 7.22. The molecule has 1 spiro atoms. The van der Waals surface area contributed by atoms with Crippen molar-refractivity contribution < 1.29 is 7.25 Å². The van der Waals surface area contributed by atoms with Crippen molar-refractivity contribution in [1.82, 2.24) is 0 Å². The molecule has 0 bridgehead atoms. The molecule has 4 atom stereocenters. The Kier molecular flexibility index (Phi) is 0.0732. The van der Waals surface area contributed by atoms with Crippen LogP contribution in [-0.2, 0) is 7.25 Å². The van der Waals surface area contributed by atoms with Gasteiger partial charge in [0.2, 0.25) is 0 Å². The van der Waals surface area contributed by atoms with E-state index < -0.39 is 7.25 Å². The Hall–Kier alpha value is 0.144. The molecule has 10 heterocycles. The predicted molar refractivity (Wildman–Crippen MR) is 45.3 cm³/mol. The third kappa shape index (κ3) is 0.0268. The Bertz CT molecular complexity index is 834. The van der Waals surface area contributed by atoms with Crippen molar-refractivity contribution >= 4 is 0 Å². The maximum atomic E-state index is 6.00. The van der Waals surface area contributed by atoms with E-state index in [1.165, 1.54) is 41.7 Å². The summed E-state index contributed by atoms with van der Waals surface area (Å²) in [6.07, 6.45) is 6.00. The standard InChI is InChI=1S/C7H5.C5H5.V/c1-2-7-5-3-4-6-7;1-2-4-5-3-1;/h1,3-6H;1-5H;. The van der Waals surface area contributed by atoms with Crippen molar-refractivity contribution in [3.63, 3.8) is 0 Å². The minimum atomic E-state index is -3.01. The SMILES string of the molecule is C#C[C]12[CH]3[CH]4[CH]5[CH]1[V]45321678[CH]2[CH]1[CH]6[CH]7[CH]28. The van der Waals surface area contributed by atoms with Crippen LogP contribution < -0.4 is 0 Å².